The Labute approximate surface area is 197 Å². The predicted molar refractivity (Wildman–Crippen MR) is 139 cm³/mol. The molecule has 0 N–H and O–H groups in total. The average Bonchev–Trinajstić information content (AvgIpc) is 2.72. The van der Waals surface area contributed by atoms with Gasteiger partial charge in [0.05, 0.1) is 17.5 Å². The highest BCUT2D eigenvalue weighted by molar-refractivity contribution is 9.10. The molecule has 1 unspecified atom stereocenters. The fourth-order valence-electron chi connectivity index (χ4n) is 3.61. The Bertz CT molecular complexity index is 969. The molecule has 0 aliphatic heterocycles. The summed E-state index contributed by atoms with van der Waals surface area (Å²) in [5.41, 5.74) is 5.45. The van der Waals surface area contributed by atoms with Crippen LogP contribution in [0.3, 0.4) is 0 Å². The molecule has 2 nitrogen and oxygen atoms in total. The van der Waals surface area contributed by atoms with Gasteiger partial charge in [0, 0.05) is 21.2 Å². The van der Waals surface area contributed by atoms with Gasteiger partial charge in [0.15, 0.2) is 9.04 Å². The summed E-state index contributed by atoms with van der Waals surface area (Å²) < 4.78 is 7.60. The zero-order valence-electron chi connectivity index (χ0n) is 19.1. The molecule has 0 spiro atoms. The molecule has 162 valence electrons. The van der Waals surface area contributed by atoms with Crippen molar-refractivity contribution in [3.63, 3.8) is 0 Å². The first-order valence-electron chi connectivity index (χ1n) is 10.9. The quantitative estimate of drug-likeness (QED) is 0.240. The van der Waals surface area contributed by atoms with Gasteiger partial charge >= 0.3 is 0 Å². The largest absolute Gasteiger partial charge is 0.414 e. The summed E-state index contributed by atoms with van der Waals surface area (Å²) in [5.74, 6) is 0. The van der Waals surface area contributed by atoms with Crippen LogP contribution >= 0.6 is 15.9 Å². The zero-order valence-corrected chi connectivity index (χ0v) is 21.8. The first kappa shape index (κ1) is 23.6. The molecule has 0 aromatic heterocycles. The molecule has 0 aliphatic carbocycles. The highest BCUT2D eigenvalue weighted by Gasteiger charge is 2.24. The van der Waals surface area contributed by atoms with Gasteiger partial charge in [-0.1, -0.05) is 97.4 Å². The molecule has 0 bridgehead atoms. The molecule has 1 atom stereocenters. The summed E-state index contributed by atoms with van der Waals surface area (Å²) in [6.07, 6.45) is 0.971. The van der Waals surface area contributed by atoms with Crippen molar-refractivity contribution >= 4 is 36.4 Å². The number of nitrogens with zero attached hydrogens (tertiary/aromatic N) is 1. The number of rotatable bonds is 7. The van der Waals surface area contributed by atoms with Crippen molar-refractivity contribution in [3.8, 4) is 0 Å². The third-order valence-electron chi connectivity index (χ3n) is 4.90. The average molecular weight is 495 g/mol. The summed E-state index contributed by atoms with van der Waals surface area (Å²) in [5, 5.41) is 0. The summed E-state index contributed by atoms with van der Waals surface area (Å²) in [7, 11) is -1.24. The highest BCUT2D eigenvalue weighted by atomic mass is 79.9. The van der Waals surface area contributed by atoms with Crippen molar-refractivity contribution in [2.24, 2.45) is 10.4 Å². The van der Waals surface area contributed by atoms with E-state index in [-0.39, 0.29) is 11.5 Å². The number of hydrogen-bond donors (Lipinski definition) is 0. The summed E-state index contributed by atoms with van der Waals surface area (Å²) in [6.45, 7) is 11.3. The Kier molecular flexibility index (Phi) is 8.04. The third kappa shape index (κ3) is 6.99. The fraction of sp³-hybridized carbons (Fsp3) is 0.296. The van der Waals surface area contributed by atoms with Crippen LogP contribution in [0.5, 0.6) is 0 Å². The molecular formula is C27H32BrNOSi. The molecule has 4 heteroatoms. The normalized spacial score (nSPS) is 12.6. The molecule has 0 saturated heterocycles. The number of halogens is 1. The van der Waals surface area contributed by atoms with E-state index in [1.54, 1.807) is 0 Å². The lowest BCUT2D eigenvalue weighted by molar-refractivity contribution is 0.147. The van der Waals surface area contributed by atoms with E-state index < -0.39 is 9.04 Å². The monoisotopic (exact) mass is 493 g/mol. The van der Waals surface area contributed by atoms with Crippen molar-refractivity contribution in [3.05, 3.63) is 100 Å². The van der Waals surface area contributed by atoms with Gasteiger partial charge < -0.3 is 4.43 Å². The first-order chi connectivity index (χ1) is 14.7. The first-order valence-corrected chi connectivity index (χ1v) is 14.4. The smallest absolute Gasteiger partial charge is 0.171 e. The van der Waals surface area contributed by atoms with Gasteiger partial charge in [0.1, 0.15) is 0 Å². The van der Waals surface area contributed by atoms with Crippen LogP contribution in [0.2, 0.25) is 13.1 Å². The molecule has 0 saturated carbocycles. The Morgan fingerprint density at radius 2 is 1.45 bits per heavy atom. The number of hydrogen-bond acceptors (Lipinski definition) is 2. The van der Waals surface area contributed by atoms with Crippen molar-refractivity contribution in [1.29, 1.82) is 0 Å². The zero-order chi connectivity index (χ0) is 22.4. The van der Waals surface area contributed by atoms with Crippen LogP contribution in [0.1, 0.15) is 50.0 Å². The summed E-state index contributed by atoms with van der Waals surface area (Å²) in [6, 6.07) is 27.2. The van der Waals surface area contributed by atoms with E-state index in [9.17, 15) is 0 Å². The van der Waals surface area contributed by atoms with E-state index in [4.69, 9.17) is 9.42 Å². The van der Waals surface area contributed by atoms with Crippen molar-refractivity contribution in [1.82, 2.24) is 0 Å². The molecule has 0 amide bonds. The Hall–Kier alpha value is -2.01. The third-order valence-corrected chi connectivity index (χ3v) is 6.26. The van der Waals surface area contributed by atoms with Gasteiger partial charge in [-0.05, 0) is 43.1 Å². The van der Waals surface area contributed by atoms with Crippen LogP contribution in [0.25, 0.3) is 0 Å². The van der Waals surface area contributed by atoms with E-state index >= 15 is 0 Å². The minimum atomic E-state index is -1.24. The van der Waals surface area contributed by atoms with Crippen LogP contribution in [-0.4, -0.2) is 14.8 Å². The topological polar surface area (TPSA) is 21.6 Å². The molecule has 3 rings (SSSR count). The van der Waals surface area contributed by atoms with Gasteiger partial charge in [-0.15, -0.1) is 0 Å². The molecule has 3 aromatic carbocycles. The van der Waals surface area contributed by atoms with E-state index in [0.717, 1.165) is 39.0 Å². The van der Waals surface area contributed by atoms with Gasteiger partial charge in [-0.25, -0.2) is 4.99 Å². The second-order valence-corrected chi connectivity index (χ2v) is 12.6. The Balaban J connectivity index is 2.17. The lowest BCUT2D eigenvalue weighted by Crippen LogP contribution is -2.20. The predicted octanol–water partition coefficient (Wildman–Crippen LogP) is 8.10. The van der Waals surface area contributed by atoms with E-state index in [0.29, 0.717) is 0 Å². The maximum absolute atomic E-state index is 6.55. The van der Waals surface area contributed by atoms with E-state index in [1.807, 2.05) is 12.1 Å². The van der Waals surface area contributed by atoms with Crippen molar-refractivity contribution < 1.29 is 4.43 Å². The maximum atomic E-state index is 6.55. The number of aliphatic imine (C=N–C) groups is 1. The summed E-state index contributed by atoms with van der Waals surface area (Å²) in [4.78, 5) is 5.23. The SMILES string of the molecule is C[SiH](C)OC(CC(C)(C)C)c1cc(Br)ccc1N=C(c1ccccc1)c1ccccc1. The van der Waals surface area contributed by atoms with E-state index in [1.165, 1.54) is 0 Å². The van der Waals surface area contributed by atoms with Crippen LogP contribution in [0.15, 0.2) is 88.3 Å². The second kappa shape index (κ2) is 10.5. The second-order valence-electron chi connectivity index (χ2n) is 9.33. The molecular weight excluding hydrogens is 462 g/mol. The van der Waals surface area contributed by atoms with Crippen LogP contribution in [0, 0.1) is 5.41 Å². The van der Waals surface area contributed by atoms with Crippen molar-refractivity contribution in [2.75, 3.05) is 0 Å². The van der Waals surface area contributed by atoms with Crippen LogP contribution in [0.4, 0.5) is 5.69 Å². The van der Waals surface area contributed by atoms with Crippen molar-refractivity contribution in [2.45, 2.75) is 46.4 Å². The van der Waals surface area contributed by atoms with Gasteiger partial charge in [0.2, 0.25) is 0 Å². The Morgan fingerprint density at radius 3 is 1.94 bits per heavy atom. The van der Waals surface area contributed by atoms with E-state index in [2.05, 4.69) is 117 Å². The van der Waals surface area contributed by atoms with Crippen LogP contribution in [-0.2, 0) is 4.43 Å². The summed E-state index contributed by atoms with van der Waals surface area (Å²) >= 11 is 3.67. The standard InChI is InChI=1S/C27H32BrNOSi/c1-27(2,3)19-25(30-31(4)5)23-18-22(28)16-17-24(23)29-26(20-12-8-6-9-13-20)21-14-10-7-11-15-21/h6-18,25,31H,19H2,1-5H3. The molecule has 31 heavy (non-hydrogen) atoms. The minimum Gasteiger partial charge on any atom is -0.414 e. The van der Waals surface area contributed by atoms with Crippen LogP contribution < -0.4 is 0 Å². The lowest BCUT2D eigenvalue weighted by Gasteiger charge is -2.29. The molecule has 3 aromatic rings. The molecule has 0 fully saturated rings. The number of benzene rings is 3. The fourth-order valence-corrected chi connectivity index (χ4v) is 4.89. The lowest BCUT2D eigenvalue weighted by atomic mass is 9.86. The van der Waals surface area contributed by atoms with Gasteiger partial charge in [-0.2, -0.15) is 0 Å². The van der Waals surface area contributed by atoms with Gasteiger partial charge in [0.25, 0.3) is 0 Å². The Morgan fingerprint density at radius 1 is 0.903 bits per heavy atom. The molecule has 0 heterocycles. The van der Waals surface area contributed by atoms with Gasteiger partial charge in [-0.3, -0.25) is 0 Å². The highest BCUT2D eigenvalue weighted by Crippen LogP contribution is 2.39. The maximum Gasteiger partial charge on any atom is 0.171 e. The molecule has 0 aliphatic rings. The minimum absolute atomic E-state index is 0.0238. The molecule has 0 radical (unpaired) electrons.